The van der Waals surface area contributed by atoms with E-state index in [-0.39, 0.29) is 18.1 Å². The molecule has 4 heterocycles. The molecule has 0 radical (unpaired) electrons. The number of nitrogens with one attached hydrogen (secondary N) is 2. The summed E-state index contributed by atoms with van der Waals surface area (Å²) in [5, 5.41) is 15.6. The minimum absolute atomic E-state index is 0.0980. The topological polar surface area (TPSA) is 150 Å². The van der Waals surface area contributed by atoms with Crippen LogP contribution in [0.25, 0.3) is 0 Å². The first-order valence-corrected chi connectivity index (χ1v) is 13.4. The standard InChI is InChI=1S/C26H29N7O4.C2H6O/c1-37-22-7-9-32(25(22)35)14-17-10-16-4-3-8-33(24(16)30-21(17)15-34)26(36)31-23-11-20(18(12-27)13-28-23)29-19-5-2-6-19;1-3-2/h10-11,13,15,19,22H,2-9,14H2,1H3,(H2,28,29,31,36);1-2H3. The first kappa shape index (κ1) is 28.9. The number of methoxy groups -OCH3 is 2. The van der Waals surface area contributed by atoms with E-state index >= 15 is 0 Å². The third-order valence-corrected chi connectivity index (χ3v) is 7.25. The van der Waals surface area contributed by atoms with Crippen molar-refractivity contribution in [3.8, 4) is 6.07 Å². The number of urea groups is 1. The number of aldehydes is 1. The maximum Gasteiger partial charge on any atom is 0.328 e. The number of rotatable bonds is 7. The second-order valence-corrected chi connectivity index (χ2v) is 10.00. The Labute approximate surface area is 233 Å². The lowest BCUT2D eigenvalue weighted by Gasteiger charge is -2.30. The largest absolute Gasteiger partial charge is 0.388 e. The highest BCUT2D eigenvalue weighted by Crippen LogP contribution is 2.30. The molecule has 5 rings (SSSR count). The summed E-state index contributed by atoms with van der Waals surface area (Å²) >= 11 is 0. The molecule has 1 aliphatic carbocycles. The lowest BCUT2D eigenvalue weighted by Crippen LogP contribution is -2.40. The number of fused-ring (bicyclic) bond motifs is 1. The fraction of sp³-hybridized carbons (Fsp3) is 0.500. The molecule has 1 saturated heterocycles. The molecule has 3 aliphatic rings. The number of hydrogen-bond donors (Lipinski definition) is 2. The predicted octanol–water partition coefficient (Wildman–Crippen LogP) is 3.12. The molecule has 0 bridgehead atoms. The van der Waals surface area contributed by atoms with Gasteiger partial charge in [0.1, 0.15) is 29.5 Å². The zero-order valence-corrected chi connectivity index (χ0v) is 23.1. The maximum absolute atomic E-state index is 13.3. The smallest absolute Gasteiger partial charge is 0.328 e. The van der Waals surface area contributed by atoms with Gasteiger partial charge in [-0.25, -0.2) is 14.8 Å². The molecule has 1 atom stereocenters. The summed E-state index contributed by atoms with van der Waals surface area (Å²) in [5.74, 6) is 0.656. The van der Waals surface area contributed by atoms with E-state index in [1.165, 1.54) is 18.2 Å². The van der Waals surface area contributed by atoms with Crippen LogP contribution in [0.15, 0.2) is 18.3 Å². The van der Waals surface area contributed by atoms with Crippen LogP contribution < -0.4 is 15.5 Å². The number of amides is 3. The molecule has 2 aromatic heterocycles. The van der Waals surface area contributed by atoms with Crippen molar-refractivity contribution in [2.24, 2.45) is 0 Å². The number of carbonyl (C=O) groups excluding carboxylic acids is 3. The average molecular weight is 550 g/mol. The van der Waals surface area contributed by atoms with Crippen molar-refractivity contribution >= 4 is 35.5 Å². The second-order valence-electron chi connectivity index (χ2n) is 10.00. The van der Waals surface area contributed by atoms with Crippen LogP contribution >= 0.6 is 0 Å². The van der Waals surface area contributed by atoms with E-state index in [4.69, 9.17) is 4.74 Å². The van der Waals surface area contributed by atoms with Gasteiger partial charge in [-0.2, -0.15) is 5.26 Å². The summed E-state index contributed by atoms with van der Waals surface area (Å²) in [7, 11) is 4.77. The molecular weight excluding hydrogens is 514 g/mol. The Balaban J connectivity index is 0.00000118. The van der Waals surface area contributed by atoms with Crippen molar-refractivity contribution in [2.75, 3.05) is 50.0 Å². The van der Waals surface area contributed by atoms with Crippen molar-refractivity contribution < 1.29 is 23.9 Å². The fourth-order valence-electron chi connectivity index (χ4n) is 4.96. The van der Waals surface area contributed by atoms with Crippen LogP contribution in [0, 0.1) is 11.3 Å². The molecule has 1 saturated carbocycles. The van der Waals surface area contributed by atoms with Crippen LogP contribution in [0.2, 0.25) is 0 Å². The number of pyridine rings is 2. The monoisotopic (exact) mass is 549 g/mol. The van der Waals surface area contributed by atoms with Gasteiger partial charge in [0.25, 0.3) is 5.91 Å². The third kappa shape index (κ3) is 6.38. The molecule has 3 amide bonds. The Morgan fingerprint density at radius 1 is 1.20 bits per heavy atom. The highest BCUT2D eigenvalue weighted by Gasteiger charge is 2.33. The minimum atomic E-state index is -0.454. The van der Waals surface area contributed by atoms with Crippen LogP contribution in [0.4, 0.5) is 22.1 Å². The van der Waals surface area contributed by atoms with E-state index < -0.39 is 12.1 Å². The van der Waals surface area contributed by atoms with E-state index in [1.807, 2.05) is 6.07 Å². The van der Waals surface area contributed by atoms with Gasteiger partial charge in [-0.05, 0) is 43.7 Å². The van der Waals surface area contributed by atoms with Crippen molar-refractivity contribution in [2.45, 2.75) is 57.2 Å². The van der Waals surface area contributed by atoms with Gasteiger partial charge < -0.3 is 19.7 Å². The number of ether oxygens (including phenoxy) is 2. The zero-order valence-electron chi connectivity index (χ0n) is 23.1. The summed E-state index contributed by atoms with van der Waals surface area (Å²) in [6.45, 7) is 1.26. The number of nitriles is 1. The van der Waals surface area contributed by atoms with Gasteiger partial charge in [-0.15, -0.1) is 0 Å². The Bertz CT molecular complexity index is 1290. The van der Waals surface area contributed by atoms with Gasteiger partial charge in [-0.1, -0.05) is 0 Å². The normalized spacial score (nSPS) is 18.1. The third-order valence-electron chi connectivity index (χ3n) is 7.25. The van der Waals surface area contributed by atoms with Crippen LogP contribution in [-0.4, -0.2) is 79.7 Å². The molecule has 12 nitrogen and oxygen atoms in total. The molecule has 12 heteroatoms. The first-order valence-electron chi connectivity index (χ1n) is 13.4. The van der Waals surface area contributed by atoms with Crippen molar-refractivity contribution in [3.63, 3.8) is 0 Å². The number of likely N-dealkylation sites (tertiary alicyclic amines) is 1. The van der Waals surface area contributed by atoms with E-state index in [9.17, 15) is 19.6 Å². The molecule has 40 heavy (non-hydrogen) atoms. The SMILES string of the molecule is COC.COC1CCN(Cc2cc3c(nc2C=O)N(C(=O)Nc2cc(NC4CCC4)c(C#N)cn2)CCC3)C1=O. The molecule has 0 aromatic carbocycles. The molecule has 2 fully saturated rings. The number of aromatic nitrogens is 2. The van der Waals surface area contributed by atoms with Gasteiger partial charge in [0.15, 0.2) is 6.29 Å². The Hall–Kier alpha value is -4.08. The first-order chi connectivity index (χ1) is 19.4. The van der Waals surface area contributed by atoms with Crippen LogP contribution in [0.1, 0.15) is 59.3 Å². The highest BCUT2D eigenvalue weighted by atomic mass is 16.5. The number of nitrogens with zero attached hydrogens (tertiary/aromatic N) is 5. The van der Waals surface area contributed by atoms with Gasteiger partial charge in [0.05, 0.1) is 11.3 Å². The van der Waals surface area contributed by atoms with Gasteiger partial charge in [-0.3, -0.25) is 19.8 Å². The van der Waals surface area contributed by atoms with E-state index in [0.29, 0.717) is 66.7 Å². The Morgan fingerprint density at radius 2 is 1.98 bits per heavy atom. The molecule has 212 valence electrons. The van der Waals surface area contributed by atoms with E-state index in [1.54, 1.807) is 25.2 Å². The summed E-state index contributed by atoms with van der Waals surface area (Å²) in [5.41, 5.74) is 2.77. The summed E-state index contributed by atoms with van der Waals surface area (Å²) < 4.78 is 9.47. The molecule has 2 N–H and O–H groups in total. The Morgan fingerprint density at radius 3 is 2.60 bits per heavy atom. The predicted molar refractivity (Wildman–Crippen MR) is 148 cm³/mol. The van der Waals surface area contributed by atoms with E-state index in [2.05, 4.69) is 31.4 Å². The summed E-state index contributed by atoms with van der Waals surface area (Å²) in [6, 6.07) is 5.59. The van der Waals surface area contributed by atoms with Crippen LogP contribution in [-0.2, 0) is 27.2 Å². The lowest BCUT2D eigenvalue weighted by molar-refractivity contribution is -0.136. The quantitative estimate of drug-likeness (QED) is 0.497. The highest BCUT2D eigenvalue weighted by molar-refractivity contribution is 6.02. The lowest BCUT2D eigenvalue weighted by atomic mass is 9.93. The fourth-order valence-corrected chi connectivity index (χ4v) is 4.96. The summed E-state index contributed by atoms with van der Waals surface area (Å²) in [6.07, 6.45) is 6.95. The van der Waals surface area contributed by atoms with Crippen molar-refractivity contribution in [3.05, 3.63) is 40.7 Å². The molecule has 0 spiro atoms. The van der Waals surface area contributed by atoms with Gasteiger partial charge >= 0.3 is 6.03 Å². The Kier molecular flexibility index (Phi) is 9.63. The maximum atomic E-state index is 13.3. The van der Waals surface area contributed by atoms with Crippen molar-refractivity contribution in [1.29, 1.82) is 5.26 Å². The summed E-state index contributed by atoms with van der Waals surface area (Å²) in [4.78, 5) is 49.6. The molecule has 2 aromatic rings. The number of hydrogen-bond acceptors (Lipinski definition) is 9. The number of carbonyl (C=O) groups is 3. The number of aryl methyl sites for hydroxylation is 1. The molecular formula is C28H35N7O5. The van der Waals surface area contributed by atoms with Gasteiger partial charge in [0, 0.05) is 71.3 Å². The van der Waals surface area contributed by atoms with Crippen molar-refractivity contribution in [1.82, 2.24) is 14.9 Å². The second kappa shape index (κ2) is 13.3. The minimum Gasteiger partial charge on any atom is -0.388 e. The average Bonchev–Trinajstić information content (AvgIpc) is 3.29. The van der Waals surface area contributed by atoms with E-state index in [0.717, 1.165) is 31.2 Å². The molecule has 2 aliphatic heterocycles. The van der Waals surface area contributed by atoms with Crippen LogP contribution in [0.5, 0.6) is 0 Å². The van der Waals surface area contributed by atoms with Crippen LogP contribution in [0.3, 0.4) is 0 Å². The number of anilines is 3. The molecule has 1 unspecified atom stereocenters. The van der Waals surface area contributed by atoms with Gasteiger partial charge in [0.2, 0.25) is 0 Å². The zero-order chi connectivity index (χ0) is 28.6.